The van der Waals surface area contributed by atoms with E-state index in [0.717, 1.165) is 0 Å². The molecule has 6 heteroatoms. The highest BCUT2D eigenvalue weighted by Gasteiger charge is 2.31. The lowest BCUT2D eigenvalue weighted by Gasteiger charge is -2.24. The monoisotopic (exact) mass is 288 g/mol. The molecule has 0 heterocycles. The fourth-order valence-electron chi connectivity index (χ4n) is 1.27. The zero-order chi connectivity index (χ0) is 15.9. The largest absolute Gasteiger partial charge is 0.469 e. The Kier molecular flexibility index (Phi) is 7.24. The van der Waals surface area contributed by atoms with E-state index in [1.54, 1.807) is 34.6 Å². The minimum atomic E-state index is -0.637. The molecule has 0 fully saturated rings. The molecule has 0 rings (SSSR count). The van der Waals surface area contributed by atoms with E-state index < -0.39 is 35.3 Å². The Balaban J connectivity index is 4.29. The fraction of sp³-hybridized carbons (Fsp3) is 0.786. The van der Waals surface area contributed by atoms with Gasteiger partial charge in [-0.25, -0.2) is 0 Å². The van der Waals surface area contributed by atoms with Crippen LogP contribution in [-0.4, -0.2) is 37.2 Å². The molecule has 0 N–H and O–H groups in total. The molecule has 0 amide bonds. The lowest BCUT2D eigenvalue weighted by Crippen LogP contribution is -2.33. The van der Waals surface area contributed by atoms with Crippen LogP contribution in [0.2, 0.25) is 0 Å². The number of methoxy groups -OCH3 is 1. The van der Waals surface area contributed by atoms with Gasteiger partial charge in [0.05, 0.1) is 25.4 Å². The number of hydrogen-bond donors (Lipinski definition) is 0. The highest BCUT2D eigenvalue weighted by molar-refractivity contribution is 5.81. The summed E-state index contributed by atoms with van der Waals surface area (Å²) in [6.45, 7) is 8.43. The first-order valence-corrected chi connectivity index (χ1v) is 6.54. The van der Waals surface area contributed by atoms with Crippen molar-refractivity contribution in [2.45, 2.75) is 46.6 Å². The Labute approximate surface area is 119 Å². The average Bonchev–Trinajstić information content (AvgIpc) is 2.34. The quantitative estimate of drug-likeness (QED) is 0.547. The van der Waals surface area contributed by atoms with Gasteiger partial charge < -0.3 is 14.2 Å². The maximum atomic E-state index is 11.8. The standard InChI is InChI=1S/C14H24O6/c1-9(10(2)13(17)20-14(3,4)5)12(16)19-8-7-11(15)18-6/h9-10H,7-8H2,1-6H3. The van der Waals surface area contributed by atoms with Gasteiger partial charge >= 0.3 is 17.9 Å². The zero-order valence-electron chi connectivity index (χ0n) is 13.0. The molecule has 0 bridgehead atoms. The van der Waals surface area contributed by atoms with Crippen LogP contribution in [-0.2, 0) is 28.6 Å². The first-order chi connectivity index (χ1) is 9.08. The Bertz CT molecular complexity index is 355. The molecule has 116 valence electrons. The highest BCUT2D eigenvalue weighted by atomic mass is 16.6. The molecule has 0 spiro atoms. The van der Waals surface area contributed by atoms with Crippen LogP contribution in [0.15, 0.2) is 0 Å². The van der Waals surface area contributed by atoms with Gasteiger partial charge in [-0.1, -0.05) is 13.8 Å². The van der Waals surface area contributed by atoms with E-state index in [1.165, 1.54) is 7.11 Å². The molecule has 2 unspecified atom stereocenters. The summed E-state index contributed by atoms with van der Waals surface area (Å²) in [6.07, 6.45) is -0.00419. The second kappa shape index (κ2) is 7.87. The van der Waals surface area contributed by atoms with Gasteiger partial charge in [-0.15, -0.1) is 0 Å². The van der Waals surface area contributed by atoms with Gasteiger partial charge in [-0.05, 0) is 20.8 Å². The fourth-order valence-corrected chi connectivity index (χ4v) is 1.27. The molecule has 2 atom stereocenters. The molecule has 0 saturated heterocycles. The van der Waals surface area contributed by atoms with Gasteiger partial charge in [0.25, 0.3) is 0 Å². The van der Waals surface area contributed by atoms with Crippen molar-refractivity contribution in [2.24, 2.45) is 11.8 Å². The number of hydrogen-bond acceptors (Lipinski definition) is 6. The van der Waals surface area contributed by atoms with Crippen LogP contribution in [0.3, 0.4) is 0 Å². The summed E-state index contributed by atoms with van der Waals surface area (Å²) < 4.78 is 14.6. The maximum Gasteiger partial charge on any atom is 0.310 e. The SMILES string of the molecule is COC(=O)CCOC(=O)C(C)C(C)C(=O)OC(C)(C)C. The molecular formula is C14H24O6. The predicted octanol–water partition coefficient (Wildman–Crippen LogP) is 1.71. The van der Waals surface area contributed by atoms with Crippen LogP contribution in [0.1, 0.15) is 41.0 Å². The summed E-state index contributed by atoms with van der Waals surface area (Å²) in [4.78, 5) is 34.4. The average molecular weight is 288 g/mol. The van der Waals surface area contributed by atoms with Gasteiger partial charge in [-0.2, -0.15) is 0 Å². The van der Waals surface area contributed by atoms with Crippen LogP contribution in [0.25, 0.3) is 0 Å². The number of esters is 3. The molecule has 0 aromatic heterocycles. The van der Waals surface area contributed by atoms with Gasteiger partial charge in [0.1, 0.15) is 12.2 Å². The Hall–Kier alpha value is -1.59. The van der Waals surface area contributed by atoms with Gasteiger partial charge in [0, 0.05) is 0 Å². The summed E-state index contributed by atoms with van der Waals surface area (Å²) in [7, 11) is 1.26. The van der Waals surface area contributed by atoms with Gasteiger partial charge in [0.15, 0.2) is 0 Å². The third-order valence-corrected chi connectivity index (χ3v) is 2.68. The molecule has 0 aromatic rings. The van der Waals surface area contributed by atoms with E-state index in [4.69, 9.17) is 9.47 Å². The van der Waals surface area contributed by atoms with Gasteiger partial charge in [0.2, 0.25) is 0 Å². The molecule has 6 nitrogen and oxygen atoms in total. The number of carbonyl (C=O) groups excluding carboxylic acids is 3. The van der Waals surface area contributed by atoms with Crippen LogP contribution >= 0.6 is 0 Å². The lowest BCUT2D eigenvalue weighted by molar-refractivity contribution is -0.167. The van der Waals surface area contributed by atoms with Crippen molar-refractivity contribution in [1.29, 1.82) is 0 Å². The summed E-state index contributed by atoms with van der Waals surface area (Å²) in [6, 6.07) is 0. The molecule has 0 saturated carbocycles. The molecule has 0 aliphatic carbocycles. The van der Waals surface area contributed by atoms with Crippen molar-refractivity contribution in [2.75, 3.05) is 13.7 Å². The van der Waals surface area contributed by atoms with E-state index in [2.05, 4.69) is 4.74 Å². The van der Waals surface area contributed by atoms with Crippen molar-refractivity contribution in [3.05, 3.63) is 0 Å². The third kappa shape index (κ3) is 7.11. The lowest BCUT2D eigenvalue weighted by atomic mass is 9.96. The van der Waals surface area contributed by atoms with E-state index >= 15 is 0 Å². The molecule has 0 aliphatic rings. The topological polar surface area (TPSA) is 78.9 Å². The van der Waals surface area contributed by atoms with Crippen LogP contribution in [0.4, 0.5) is 0 Å². The normalized spacial score (nSPS) is 14.1. The van der Waals surface area contributed by atoms with Crippen molar-refractivity contribution >= 4 is 17.9 Å². The van der Waals surface area contributed by atoms with Crippen LogP contribution < -0.4 is 0 Å². The second-order valence-electron chi connectivity index (χ2n) is 5.60. The summed E-state index contributed by atoms with van der Waals surface area (Å²) in [5.41, 5.74) is -0.597. The smallest absolute Gasteiger partial charge is 0.310 e. The van der Waals surface area contributed by atoms with E-state index in [9.17, 15) is 14.4 Å². The molecule has 20 heavy (non-hydrogen) atoms. The second-order valence-corrected chi connectivity index (χ2v) is 5.60. The minimum Gasteiger partial charge on any atom is -0.469 e. The Morgan fingerprint density at radius 2 is 1.50 bits per heavy atom. The van der Waals surface area contributed by atoms with Crippen molar-refractivity contribution in [1.82, 2.24) is 0 Å². The zero-order valence-corrected chi connectivity index (χ0v) is 13.0. The molecule has 0 aromatic carbocycles. The summed E-state index contributed by atoms with van der Waals surface area (Å²) in [5.74, 6) is -2.69. The Morgan fingerprint density at radius 1 is 1.00 bits per heavy atom. The number of carbonyl (C=O) groups is 3. The first-order valence-electron chi connectivity index (χ1n) is 6.54. The third-order valence-electron chi connectivity index (χ3n) is 2.68. The summed E-state index contributed by atoms with van der Waals surface area (Å²) in [5, 5.41) is 0. The van der Waals surface area contributed by atoms with Gasteiger partial charge in [-0.3, -0.25) is 14.4 Å². The summed E-state index contributed by atoms with van der Waals surface area (Å²) >= 11 is 0. The van der Waals surface area contributed by atoms with Crippen LogP contribution in [0, 0.1) is 11.8 Å². The van der Waals surface area contributed by atoms with Crippen molar-refractivity contribution in [3.8, 4) is 0 Å². The van der Waals surface area contributed by atoms with E-state index in [1.807, 2.05) is 0 Å². The predicted molar refractivity (Wildman–Crippen MR) is 71.8 cm³/mol. The molecule has 0 aliphatic heterocycles. The van der Waals surface area contributed by atoms with Crippen molar-refractivity contribution in [3.63, 3.8) is 0 Å². The molecular weight excluding hydrogens is 264 g/mol. The number of rotatable bonds is 6. The maximum absolute atomic E-state index is 11.8. The Morgan fingerprint density at radius 3 is 1.95 bits per heavy atom. The molecule has 0 radical (unpaired) electrons. The highest BCUT2D eigenvalue weighted by Crippen LogP contribution is 2.18. The van der Waals surface area contributed by atoms with Crippen molar-refractivity contribution < 1.29 is 28.6 Å². The number of ether oxygens (including phenoxy) is 3. The minimum absolute atomic E-state index is 0.00419. The van der Waals surface area contributed by atoms with Crippen LogP contribution in [0.5, 0.6) is 0 Å². The van der Waals surface area contributed by atoms with E-state index in [0.29, 0.717) is 0 Å². The van der Waals surface area contributed by atoms with E-state index in [-0.39, 0.29) is 13.0 Å². The first kappa shape index (κ1) is 18.4.